The van der Waals surface area contributed by atoms with Crippen LogP contribution in [-0.2, 0) is 0 Å². The van der Waals surface area contributed by atoms with Crippen molar-refractivity contribution in [3.63, 3.8) is 0 Å². The van der Waals surface area contributed by atoms with Crippen LogP contribution in [0.4, 0.5) is 0 Å². The standard InChI is InChI=1S/C4H9OP/c1-2-4(5)3-6/h2,4-5H,1,3,6H2. The molecule has 0 amide bonds. The molecule has 36 valence electrons. The van der Waals surface area contributed by atoms with E-state index < -0.39 is 0 Å². The minimum atomic E-state index is -0.338. The number of aliphatic hydroxyl groups is 1. The second kappa shape index (κ2) is 3.32. The summed E-state index contributed by atoms with van der Waals surface area (Å²) >= 11 is 0. The molecule has 0 aromatic heterocycles. The Bertz CT molecular complexity index is 44.8. The zero-order valence-electron chi connectivity index (χ0n) is 3.59. The van der Waals surface area contributed by atoms with E-state index in [1.165, 1.54) is 6.08 Å². The molecule has 0 spiro atoms. The molecule has 2 unspecified atom stereocenters. The summed E-state index contributed by atoms with van der Waals surface area (Å²) in [6.07, 6.45) is 1.85. The summed E-state index contributed by atoms with van der Waals surface area (Å²) in [6.45, 7) is 3.37. The van der Waals surface area contributed by atoms with E-state index in [0.717, 1.165) is 0 Å². The fraction of sp³-hybridized carbons (Fsp3) is 0.500. The van der Waals surface area contributed by atoms with Gasteiger partial charge in [0.15, 0.2) is 0 Å². The molecule has 0 saturated heterocycles. The second-order valence-electron chi connectivity index (χ2n) is 1.04. The number of rotatable bonds is 2. The number of hydrogen-bond donors (Lipinski definition) is 1. The van der Waals surface area contributed by atoms with E-state index in [4.69, 9.17) is 5.11 Å². The van der Waals surface area contributed by atoms with Crippen LogP contribution in [0.2, 0.25) is 0 Å². The lowest BCUT2D eigenvalue weighted by Gasteiger charge is -1.93. The molecule has 0 fully saturated rings. The maximum atomic E-state index is 8.53. The molecule has 0 aliphatic rings. The van der Waals surface area contributed by atoms with Gasteiger partial charge in [0.1, 0.15) is 0 Å². The van der Waals surface area contributed by atoms with E-state index in [1.54, 1.807) is 0 Å². The topological polar surface area (TPSA) is 20.2 Å². The van der Waals surface area contributed by atoms with Crippen molar-refractivity contribution >= 4 is 9.24 Å². The van der Waals surface area contributed by atoms with Crippen LogP contribution in [-0.4, -0.2) is 17.4 Å². The summed E-state index contributed by atoms with van der Waals surface area (Å²) in [4.78, 5) is 0. The van der Waals surface area contributed by atoms with Crippen LogP contribution in [0, 0.1) is 0 Å². The Hall–Kier alpha value is 0.130. The van der Waals surface area contributed by atoms with Gasteiger partial charge >= 0.3 is 0 Å². The lowest BCUT2D eigenvalue weighted by atomic mass is 10.4. The van der Waals surface area contributed by atoms with Crippen LogP contribution in [0.5, 0.6) is 0 Å². The number of hydrogen-bond acceptors (Lipinski definition) is 1. The summed E-state index contributed by atoms with van der Waals surface area (Å²) in [6, 6.07) is 0. The minimum absolute atomic E-state index is 0.338. The molecule has 0 aliphatic carbocycles. The lowest BCUT2D eigenvalue weighted by Crippen LogP contribution is -2.00. The van der Waals surface area contributed by atoms with E-state index in [9.17, 15) is 0 Å². The van der Waals surface area contributed by atoms with Crippen molar-refractivity contribution in [2.24, 2.45) is 0 Å². The van der Waals surface area contributed by atoms with Gasteiger partial charge in [-0.2, -0.15) is 0 Å². The molecule has 0 rings (SSSR count). The monoisotopic (exact) mass is 104 g/mol. The van der Waals surface area contributed by atoms with Gasteiger partial charge in [0.25, 0.3) is 0 Å². The van der Waals surface area contributed by atoms with Crippen molar-refractivity contribution in [2.45, 2.75) is 6.10 Å². The quantitative estimate of drug-likeness (QED) is 0.397. The van der Waals surface area contributed by atoms with Crippen LogP contribution in [0.25, 0.3) is 0 Å². The van der Waals surface area contributed by atoms with Crippen LogP contribution in [0.3, 0.4) is 0 Å². The maximum Gasteiger partial charge on any atom is 0.0752 e. The Balaban J connectivity index is 2.96. The van der Waals surface area contributed by atoms with E-state index >= 15 is 0 Å². The molecule has 6 heavy (non-hydrogen) atoms. The predicted octanol–water partition coefficient (Wildman–Crippen LogP) is 0.408. The second-order valence-corrected chi connectivity index (χ2v) is 1.51. The highest BCUT2D eigenvalue weighted by atomic mass is 31.0. The zero-order valence-corrected chi connectivity index (χ0v) is 4.75. The molecule has 1 N–H and O–H groups in total. The van der Waals surface area contributed by atoms with Crippen LogP contribution in [0.1, 0.15) is 0 Å². The zero-order chi connectivity index (χ0) is 4.99. The first-order valence-corrected chi connectivity index (χ1v) is 2.63. The largest absolute Gasteiger partial charge is 0.389 e. The molecule has 0 saturated carbocycles. The van der Waals surface area contributed by atoms with Gasteiger partial charge in [-0.1, -0.05) is 6.08 Å². The van der Waals surface area contributed by atoms with E-state index in [2.05, 4.69) is 15.8 Å². The Morgan fingerprint density at radius 3 is 2.50 bits per heavy atom. The van der Waals surface area contributed by atoms with Gasteiger partial charge < -0.3 is 5.11 Å². The average molecular weight is 104 g/mol. The van der Waals surface area contributed by atoms with Crippen molar-refractivity contribution in [3.8, 4) is 0 Å². The smallest absolute Gasteiger partial charge is 0.0752 e. The van der Waals surface area contributed by atoms with Gasteiger partial charge in [0.05, 0.1) is 6.10 Å². The SMILES string of the molecule is C=CC(O)CP. The van der Waals surface area contributed by atoms with Crippen LogP contribution in [0.15, 0.2) is 12.7 Å². The molecule has 1 nitrogen and oxygen atoms in total. The van der Waals surface area contributed by atoms with Crippen molar-refractivity contribution in [1.82, 2.24) is 0 Å². The van der Waals surface area contributed by atoms with Gasteiger partial charge in [0, 0.05) is 0 Å². The molecule has 2 atom stereocenters. The summed E-state index contributed by atoms with van der Waals surface area (Å²) < 4.78 is 0. The molecule has 0 radical (unpaired) electrons. The first-order valence-electron chi connectivity index (χ1n) is 1.82. The first kappa shape index (κ1) is 6.13. The Labute approximate surface area is 40.3 Å². The van der Waals surface area contributed by atoms with E-state index in [-0.39, 0.29) is 6.10 Å². The van der Waals surface area contributed by atoms with Crippen molar-refractivity contribution in [3.05, 3.63) is 12.7 Å². The normalized spacial score (nSPS) is 13.7. The highest BCUT2D eigenvalue weighted by Crippen LogP contribution is 1.88. The Morgan fingerprint density at radius 2 is 2.50 bits per heavy atom. The van der Waals surface area contributed by atoms with Gasteiger partial charge in [0.2, 0.25) is 0 Å². The van der Waals surface area contributed by atoms with Gasteiger partial charge in [-0.05, 0) is 6.16 Å². The highest BCUT2D eigenvalue weighted by molar-refractivity contribution is 7.16. The molecular formula is C4H9OP. The lowest BCUT2D eigenvalue weighted by molar-refractivity contribution is 0.249. The summed E-state index contributed by atoms with van der Waals surface area (Å²) in [5, 5.41) is 8.53. The van der Waals surface area contributed by atoms with E-state index in [0.29, 0.717) is 6.16 Å². The first-order chi connectivity index (χ1) is 2.81. The van der Waals surface area contributed by atoms with Gasteiger partial charge in [-0.3, -0.25) is 0 Å². The molecular weight excluding hydrogens is 95.0 g/mol. The molecule has 0 heterocycles. The van der Waals surface area contributed by atoms with Crippen LogP contribution >= 0.6 is 9.24 Å². The fourth-order valence-corrected chi connectivity index (χ4v) is 0.289. The number of aliphatic hydroxyl groups excluding tert-OH is 1. The molecule has 0 aliphatic heterocycles. The molecule has 2 heteroatoms. The third-order valence-electron chi connectivity index (χ3n) is 0.514. The molecule has 0 bridgehead atoms. The summed E-state index contributed by atoms with van der Waals surface area (Å²) in [7, 11) is 2.42. The fourth-order valence-electron chi connectivity index (χ4n) is 0.0962. The Kier molecular flexibility index (Phi) is 3.40. The van der Waals surface area contributed by atoms with Crippen molar-refractivity contribution in [2.75, 3.05) is 6.16 Å². The average Bonchev–Trinajstić information content (AvgIpc) is 1.65. The van der Waals surface area contributed by atoms with Gasteiger partial charge in [-0.15, -0.1) is 15.8 Å². The van der Waals surface area contributed by atoms with Gasteiger partial charge in [-0.25, -0.2) is 0 Å². The summed E-state index contributed by atoms with van der Waals surface area (Å²) in [5.74, 6) is 0. The maximum absolute atomic E-state index is 8.53. The third kappa shape index (κ3) is 2.37. The van der Waals surface area contributed by atoms with E-state index in [1.807, 2.05) is 0 Å². The molecule has 0 aromatic rings. The Morgan fingerprint density at radius 1 is 2.00 bits per heavy atom. The molecule has 0 aromatic carbocycles. The van der Waals surface area contributed by atoms with Crippen molar-refractivity contribution < 1.29 is 5.11 Å². The van der Waals surface area contributed by atoms with Crippen LogP contribution < -0.4 is 0 Å². The third-order valence-corrected chi connectivity index (χ3v) is 0.997. The highest BCUT2D eigenvalue weighted by Gasteiger charge is 1.86. The minimum Gasteiger partial charge on any atom is -0.389 e. The van der Waals surface area contributed by atoms with Crippen molar-refractivity contribution in [1.29, 1.82) is 0 Å². The summed E-state index contributed by atoms with van der Waals surface area (Å²) in [5.41, 5.74) is 0. The predicted molar refractivity (Wildman–Crippen MR) is 30.8 cm³/mol.